The summed E-state index contributed by atoms with van der Waals surface area (Å²) in [7, 11) is 0. The highest BCUT2D eigenvalue weighted by Gasteiger charge is 2.16. The molecule has 2 N–H and O–H groups in total. The Morgan fingerprint density at radius 3 is 2.95 bits per heavy atom. The minimum atomic E-state index is -0.156. The lowest BCUT2D eigenvalue weighted by atomic mass is 10.1. The van der Waals surface area contributed by atoms with Gasteiger partial charge in [0.15, 0.2) is 0 Å². The van der Waals surface area contributed by atoms with E-state index in [2.05, 4.69) is 10.6 Å². The van der Waals surface area contributed by atoms with Gasteiger partial charge in [0.05, 0.1) is 0 Å². The van der Waals surface area contributed by atoms with E-state index in [1.165, 1.54) is 6.07 Å². The SMILES string of the molecule is Cl.O=C(CC1CCCN1)NCCSCc1ccccc1F. The highest BCUT2D eigenvalue weighted by Crippen LogP contribution is 2.14. The van der Waals surface area contributed by atoms with E-state index in [-0.39, 0.29) is 24.1 Å². The number of halogens is 2. The number of benzene rings is 1. The zero-order valence-electron chi connectivity index (χ0n) is 11.9. The molecule has 1 aromatic rings. The van der Waals surface area contributed by atoms with E-state index in [9.17, 15) is 9.18 Å². The van der Waals surface area contributed by atoms with Crippen molar-refractivity contribution >= 4 is 30.1 Å². The molecule has 21 heavy (non-hydrogen) atoms. The van der Waals surface area contributed by atoms with Crippen LogP contribution in [0.5, 0.6) is 0 Å². The fraction of sp³-hybridized carbons (Fsp3) is 0.533. The van der Waals surface area contributed by atoms with E-state index in [4.69, 9.17) is 0 Å². The minimum absolute atomic E-state index is 0. The molecular weight excluding hydrogens is 311 g/mol. The van der Waals surface area contributed by atoms with Gasteiger partial charge in [-0.15, -0.1) is 12.4 Å². The summed E-state index contributed by atoms with van der Waals surface area (Å²) in [6.45, 7) is 1.67. The maximum Gasteiger partial charge on any atom is 0.221 e. The van der Waals surface area contributed by atoms with E-state index >= 15 is 0 Å². The van der Waals surface area contributed by atoms with Gasteiger partial charge in [0.25, 0.3) is 0 Å². The van der Waals surface area contributed by atoms with Crippen LogP contribution in [0.2, 0.25) is 0 Å². The Morgan fingerprint density at radius 1 is 1.43 bits per heavy atom. The molecule has 0 spiro atoms. The lowest BCUT2D eigenvalue weighted by Gasteiger charge is -2.10. The van der Waals surface area contributed by atoms with Crippen LogP contribution >= 0.6 is 24.2 Å². The third kappa shape index (κ3) is 6.68. The van der Waals surface area contributed by atoms with Crippen molar-refractivity contribution in [2.24, 2.45) is 0 Å². The Bertz CT molecular complexity index is 441. The second kappa shape index (κ2) is 10.0. The number of nitrogens with one attached hydrogen (secondary N) is 2. The van der Waals surface area contributed by atoms with Crippen molar-refractivity contribution in [2.45, 2.75) is 31.1 Å². The summed E-state index contributed by atoms with van der Waals surface area (Å²) < 4.78 is 13.4. The smallest absolute Gasteiger partial charge is 0.221 e. The highest BCUT2D eigenvalue weighted by atomic mass is 35.5. The van der Waals surface area contributed by atoms with E-state index in [1.54, 1.807) is 23.9 Å². The number of carbonyl (C=O) groups is 1. The Hall–Kier alpha value is -0.780. The van der Waals surface area contributed by atoms with Crippen molar-refractivity contribution in [1.82, 2.24) is 10.6 Å². The summed E-state index contributed by atoms with van der Waals surface area (Å²) in [6.07, 6.45) is 2.82. The maximum absolute atomic E-state index is 13.4. The number of amides is 1. The zero-order chi connectivity index (χ0) is 14.2. The third-order valence-corrected chi connectivity index (χ3v) is 4.39. The molecule has 1 aliphatic rings. The monoisotopic (exact) mass is 332 g/mol. The second-order valence-corrected chi connectivity index (χ2v) is 6.10. The summed E-state index contributed by atoms with van der Waals surface area (Å²) in [4.78, 5) is 11.7. The molecule has 118 valence electrons. The number of hydrogen-bond acceptors (Lipinski definition) is 3. The molecule has 2 rings (SSSR count). The molecule has 6 heteroatoms. The highest BCUT2D eigenvalue weighted by molar-refractivity contribution is 7.98. The molecule has 1 atom stereocenters. The van der Waals surface area contributed by atoms with Gasteiger partial charge in [0, 0.05) is 30.5 Å². The standard InChI is InChI=1S/C15H21FN2OS.ClH/c16-14-6-2-1-4-12(14)11-20-9-8-18-15(19)10-13-5-3-7-17-13;/h1-2,4,6,13,17H,3,5,7-11H2,(H,18,19);1H. The molecule has 0 radical (unpaired) electrons. The van der Waals surface area contributed by atoms with Crippen LogP contribution in [0, 0.1) is 5.82 Å². The average molecular weight is 333 g/mol. The normalized spacial score (nSPS) is 17.3. The molecule has 0 aromatic heterocycles. The summed E-state index contributed by atoms with van der Waals surface area (Å²) in [5.41, 5.74) is 0.721. The molecule has 3 nitrogen and oxygen atoms in total. The average Bonchev–Trinajstić information content (AvgIpc) is 2.93. The summed E-state index contributed by atoms with van der Waals surface area (Å²) in [6, 6.07) is 7.16. The van der Waals surface area contributed by atoms with Gasteiger partial charge < -0.3 is 10.6 Å². The van der Waals surface area contributed by atoms with Crippen molar-refractivity contribution in [3.8, 4) is 0 Å². The largest absolute Gasteiger partial charge is 0.355 e. The van der Waals surface area contributed by atoms with Gasteiger partial charge in [0.1, 0.15) is 5.82 Å². The minimum Gasteiger partial charge on any atom is -0.355 e. The first kappa shape index (κ1) is 18.3. The van der Waals surface area contributed by atoms with E-state index in [1.807, 2.05) is 6.07 Å². The third-order valence-electron chi connectivity index (χ3n) is 3.38. The van der Waals surface area contributed by atoms with Crippen LogP contribution in [0.4, 0.5) is 4.39 Å². The number of hydrogen-bond donors (Lipinski definition) is 2. The van der Waals surface area contributed by atoms with Crippen molar-refractivity contribution in [3.05, 3.63) is 35.6 Å². The second-order valence-electron chi connectivity index (χ2n) is 4.99. The van der Waals surface area contributed by atoms with Crippen LogP contribution in [-0.2, 0) is 10.5 Å². The Morgan fingerprint density at radius 2 is 2.24 bits per heavy atom. The molecule has 0 bridgehead atoms. The van der Waals surface area contributed by atoms with Crippen molar-refractivity contribution in [2.75, 3.05) is 18.8 Å². The number of thioether (sulfide) groups is 1. The maximum atomic E-state index is 13.4. The number of carbonyl (C=O) groups excluding carboxylic acids is 1. The fourth-order valence-corrected chi connectivity index (χ4v) is 3.13. The van der Waals surface area contributed by atoms with Gasteiger partial charge in [-0.25, -0.2) is 4.39 Å². The summed E-state index contributed by atoms with van der Waals surface area (Å²) in [5.74, 6) is 1.40. The molecular formula is C15H22ClFN2OS. The first-order chi connectivity index (χ1) is 9.75. The first-order valence-electron chi connectivity index (χ1n) is 7.07. The molecule has 1 unspecified atom stereocenters. The predicted molar refractivity (Wildman–Crippen MR) is 88.5 cm³/mol. The summed E-state index contributed by atoms with van der Waals surface area (Å²) >= 11 is 1.63. The van der Waals surface area contributed by atoms with Gasteiger partial charge in [-0.2, -0.15) is 11.8 Å². The first-order valence-corrected chi connectivity index (χ1v) is 8.22. The van der Waals surface area contributed by atoms with E-state index in [0.29, 0.717) is 24.8 Å². The zero-order valence-corrected chi connectivity index (χ0v) is 13.6. The fourth-order valence-electron chi connectivity index (χ4n) is 2.29. The van der Waals surface area contributed by atoms with Gasteiger partial charge >= 0.3 is 0 Å². The Balaban J connectivity index is 0.00000220. The molecule has 0 saturated carbocycles. The van der Waals surface area contributed by atoms with Gasteiger partial charge in [-0.05, 0) is 31.0 Å². The molecule has 1 amide bonds. The Labute approximate surface area is 135 Å². The molecule has 1 heterocycles. The van der Waals surface area contributed by atoms with E-state index < -0.39 is 0 Å². The van der Waals surface area contributed by atoms with Crippen LogP contribution in [0.3, 0.4) is 0 Å². The molecule has 1 aromatic carbocycles. The lowest BCUT2D eigenvalue weighted by molar-refractivity contribution is -0.121. The molecule has 0 aliphatic carbocycles. The van der Waals surface area contributed by atoms with Crippen molar-refractivity contribution in [3.63, 3.8) is 0 Å². The van der Waals surface area contributed by atoms with E-state index in [0.717, 1.165) is 30.7 Å². The van der Waals surface area contributed by atoms with Gasteiger partial charge in [-0.3, -0.25) is 4.79 Å². The summed E-state index contributed by atoms with van der Waals surface area (Å²) in [5, 5.41) is 6.23. The van der Waals surface area contributed by atoms with Gasteiger partial charge in [-0.1, -0.05) is 18.2 Å². The molecule has 1 saturated heterocycles. The molecule has 1 fully saturated rings. The number of rotatable bonds is 7. The molecule has 1 aliphatic heterocycles. The van der Waals surface area contributed by atoms with Crippen LogP contribution in [0.15, 0.2) is 24.3 Å². The topological polar surface area (TPSA) is 41.1 Å². The van der Waals surface area contributed by atoms with Crippen LogP contribution in [0.1, 0.15) is 24.8 Å². The van der Waals surface area contributed by atoms with Crippen molar-refractivity contribution in [1.29, 1.82) is 0 Å². The van der Waals surface area contributed by atoms with Crippen LogP contribution in [-0.4, -0.2) is 30.8 Å². The van der Waals surface area contributed by atoms with Crippen LogP contribution < -0.4 is 10.6 Å². The lowest BCUT2D eigenvalue weighted by Crippen LogP contribution is -2.32. The Kier molecular flexibility index (Phi) is 8.73. The quantitative estimate of drug-likeness (QED) is 0.754. The van der Waals surface area contributed by atoms with Gasteiger partial charge in [0.2, 0.25) is 5.91 Å². The van der Waals surface area contributed by atoms with Crippen LogP contribution in [0.25, 0.3) is 0 Å². The van der Waals surface area contributed by atoms with Crippen molar-refractivity contribution < 1.29 is 9.18 Å². The predicted octanol–water partition coefficient (Wildman–Crippen LogP) is 2.74.